The lowest BCUT2D eigenvalue weighted by atomic mass is 10.1. The van der Waals surface area contributed by atoms with Crippen molar-refractivity contribution < 1.29 is 0 Å². The van der Waals surface area contributed by atoms with Gasteiger partial charge < -0.3 is 0 Å². The van der Waals surface area contributed by atoms with Crippen LogP contribution in [0.15, 0.2) is 0 Å². The summed E-state index contributed by atoms with van der Waals surface area (Å²) in [4.78, 5) is 0. The molecule has 0 rings (SSSR count). The van der Waals surface area contributed by atoms with Crippen LogP contribution in [-0.2, 0) is 0 Å². The van der Waals surface area contributed by atoms with E-state index in [1.165, 1.54) is 1.93 Å². The van der Waals surface area contributed by atoms with Gasteiger partial charge in [0.15, 0.2) is 0 Å². The van der Waals surface area contributed by atoms with Crippen LogP contribution in [0.25, 0.3) is 0 Å². The first-order chi connectivity index (χ1) is 9.19. The topological polar surface area (TPSA) is 0 Å². The lowest BCUT2D eigenvalue weighted by Gasteiger charge is -2.57. The van der Waals surface area contributed by atoms with Crippen LogP contribution in [0.2, 0.25) is 0 Å². The van der Waals surface area contributed by atoms with Gasteiger partial charge in [-0.1, -0.05) is 339 Å². The van der Waals surface area contributed by atoms with Crippen molar-refractivity contribution in [3.05, 3.63) is 1.93 Å². The molecule has 0 unspecified atom stereocenters. The molecule has 0 heterocycles. The van der Waals surface area contributed by atoms with E-state index in [1.54, 1.807) is 0 Å². The number of hydrogen-bond donors (Lipinski definition) is 0. The molecule has 0 amide bonds. The van der Waals surface area contributed by atoms with Crippen molar-refractivity contribution in [3.63, 3.8) is 0 Å². The summed E-state index contributed by atoms with van der Waals surface area (Å²) in [6.07, 6.45) is 0. The molecular formula is C7I15. The molecule has 15 heteroatoms. The monoisotopic (exact) mass is 1990 g/mol. The third-order valence-electron chi connectivity index (χ3n) is 2.24. The van der Waals surface area contributed by atoms with E-state index in [2.05, 4.69) is 339 Å². The van der Waals surface area contributed by atoms with E-state index < -0.39 is 0 Å². The predicted octanol–water partition coefficient (Wildman–Crippen LogP) is 12.1. The van der Waals surface area contributed by atoms with Gasteiger partial charge in [0.1, 0.15) is 8.51 Å². The maximum Gasteiger partial charge on any atom is 0.143 e. The van der Waals surface area contributed by atoms with Gasteiger partial charge in [0.25, 0.3) is 0 Å². The Kier molecular flexibility index (Phi) is 18.4. The summed E-state index contributed by atoms with van der Waals surface area (Å²) in [7, 11) is 0. The molecule has 0 aromatic heterocycles. The first-order valence-corrected chi connectivity index (χ1v) is 20.5. The molecule has 22 heavy (non-hydrogen) atoms. The molecule has 0 saturated carbocycles. The lowest BCUT2D eigenvalue weighted by molar-refractivity contribution is 0.669. The fourth-order valence-corrected chi connectivity index (χ4v) is 27.7. The summed E-state index contributed by atoms with van der Waals surface area (Å²) in [6.45, 7) is 0. The highest BCUT2D eigenvalue weighted by Gasteiger charge is 2.75. The molecule has 0 spiro atoms. The smallest absolute Gasteiger partial charge is 0.0700 e. The Hall–Kier alpha value is 11.0. The van der Waals surface area contributed by atoms with E-state index in [-0.39, 0.29) is 6.58 Å². The zero-order chi connectivity index (χ0) is 18.6. The summed E-state index contributed by atoms with van der Waals surface area (Å²) in [5.41, 5.74) is 0. The minimum Gasteiger partial charge on any atom is -0.0700 e. The molecule has 1 radical (unpaired) electrons. The van der Waals surface area contributed by atoms with Crippen molar-refractivity contribution in [3.8, 4) is 0 Å². The zero-order valence-corrected chi connectivity index (χ0v) is 41.5. The third-order valence-corrected chi connectivity index (χ3v) is 41.0. The van der Waals surface area contributed by atoms with Crippen LogP contribution in [0.1, 0.15) is 0 Å². The van der Waals surface area contributed by atoms with Gasteiger partial charge in [0.05, 0.1) is 0 Å². The van der Waals surface area contributed by atoms with Gasteiger partial charge in [-0.2, -0.15) is 0 Å². The highest BCUT2D eigenvalue weighted by atomic mass is 127. The van der Waals surface area contributed by atoms with Crippen LogP contribution >= 0.6 is 339 Å². The molecular weight excluding hydrogens is 1990 g/mol. The normalized spacial score (nSPS) is 16.4. The standard InChI is InChI=1S/C7I15/c8-1(9)2(10,11)4(13,14)5(15,16)3(12,6(17,18)19)7(20,21)22. The molecule has 133 valence electrons. The Morgan fingerprint density at radius 3 is 0.909 bits per heavy atom. The number of alkyl halides is 13. The maximum atomic E-state index is 2.73. The predicted molar refractivity (Wildman–Crippen MR) is 230 cm³/mol. The summed E-state index contributed by atoms with van der Waals surface area (Å²) in [5, 5.41) is 0. The fraction of sp³-hybridized carbons (Fsp3) is 0.857. The summed E-state index contributed by atoms with van der Waals surface area (Å²) in [5.74, 6) is 0. The van der Waals surface area contributed by atoms with Gasteiger partial charge in [-0.25, -0.2) is 0 Å². The summed E-state index contributed by atoms with van der Waals surface area (Å²) < 4.78 is 1.58. The molecule has 0 aliphatic rings. The fourth-order valence-electron chi connectivity index (χ4n) is 1.05. The quantitative estimate of drug-likeness (QED) is 0.184. The van der Waals surface area contributed by atoms with Gasteiger partial charge in [-0.15, -0.1) is 0 Å². The van der Waals surface area contributed by atoms with Gasteiger partial charge in [0.2, 0.25) is 0 Å². The molecule has 0 bridgehead atoms. The second kappa shape index (κ2) is 12.3. The Bertz CT molecular complexity index is 383. The Balaban J connectivity index is 6.52. The van der Waals surface area contributed by atoms with Gasteiger partial charge in [-0.05, 0) is 0 Å². The van der Waals surface area contributed by atoms with Crippen molar-refractivity contribution in [2.45, 2.75) is 6.58 Å². The number of hydrogen-bond acceptors (Lipinski definition) is 0. The summed E-state index contributed by atoms with van der Waals surface area (Å²) >= 11 is 39.4. The number of halogens is 15. The van der Waals surface area contributed by atoms with E-state index in [0.717, 1.165) is 0 Å². The van der Waals surface area contributed by atoms with E-state index in [1.807, 2.05) is 0 Å². The maximum absolute atomic E-state index is 2.73. The lowest BCUT2D eigenvalue weighted by Crippen LogP contribution is -2.66. The van der Waals surface area contributed by atoms with Crippen molar-refractivity contribution >= 4 is 339 Å². The second-order valence-electron chi connectivity index (χ2n) is 3.64. The van der Waals surface area contributed by atoms with Crippen molar-refractivity contribution in [1.29, 1.82) is 0 Å². The zero-order valence-electron chi connectivity index (χ0n) is 9.17. The average molecular weight is 1990 g/mol. The van der Waals surface area contributed by atoms with E-state index in [9.17, 15) is 0 Å². The van der Waals surface area contributed by atoms with E-state index >= 15 is 0 Å². The van der Waals surface area contributed by atoms with Gasteiger partial charge >= 0.3 is 0 Å². The molecule has 0 nitrogen and oxygen atoms in total. The highest BCUT2D eigenvalue weighted by Crippen LogP contribution is 2.78. The first kappa shape index (κ1) is 33.0. The molecule has 0 fully saturated rings. The molecule has 0 aliphatic heterocycles. The largest absolute Gasteiger partial charge is 0.143 e. The molecule has 0 atom stereocenters. The van der Waals surface area contributed by atoms with E-state index in [0.29, 0.717) is 0 Å². The minimum absolute atomic E-state index is 0.00564. The first-order valence-electron chi connectivity index (χ1n) is 4.33. The average Bonchev–Trinajstić information content (AvgIpc) is 2.23. The Morgan fingerprint density at radius 2 is 0.727 bits per heavy atom. The Morgan fingerprint density at radius 1 is 0.455 bits per heavy atom. The van der Waals surface area contributed by atoms with Crippen LogP contribution in [-0.4, -0.2) is 6.58 Å². The van der Waals surface area contributed by atoms with Gasteiger partial charge in [-0.3, -0.25) is 0 Å². The van der Waals surface area contributed by atoms with Crippen LogP contribution in [0, 0.1) is 1.93 Å². The van der Waals surface area contributed by atoms with Crippen molar-refractivity contribution in [2.24, 2.45) is 0 Å². The van der Waals surface area contributed by atoms with Crippen LogP contribution in [0.5, 0.6) is 0 Å². The molecule has 0 aromatic carbocycles. The SMILES string of the molecule is I[C](I)C(I)(I)C(I)(I)C(I)(I)C(I)(C(I)(I)I)C(I)(I)I. The van der Waals surface area contributed by atoms with Crippen molar-refractivity contribution in [2.75, 3.05) is 0 Å². The summed E-state index contributed by atoms with van der Waals surface area (Å²) in [6, 6.07) is 0. The second-order valence-corrected chi connectivity index (χ2v) is 47.5. The van der Waals surface area contributed by atoms with Crippen LogP contribution in [0.3, 0.4) is 0 Å². The van der Waals surface area contributed by atoms with E-state index in [4.69, 9.17) is 0 Å². The van der Waals surface area contributed by atoms with Crippen LogP contribution < -0.4 is 0 Å². The Labute approximate surface area is 336 Å². The molecule has 0 aliphatic carbocycles. The minimum atomic E-state index is -0.00564. The third kappa shape index (κ3) is 7.23. The van der Waals surface area contributed by atoms with Gasteiger partial charge in [0, 0.05) is 0 Å². The van der Waals surface area contributed by atoms with Crippen molar-refractivity contribution in [1.82, 2.24) is 0 Å². The number of rotatable bonds is 6. The molecule has 0 saturated heterocycles. The molecule has 0 N–H and O–H groups in total. The molecule has 0 aromatic rings. The highest BCUT2D eigenvalue weighted by molar-refractivity contribution is 14.3. The van der Waals surface area contributed by atoms with Crippen LogP contribution in [0.4, 0.5) is 0 Å².